The Bertz CT molecular complexity index is 204. The van der Waals surface area contributed by atoms with Crippen LogP contribution in [0, 0.1) is 0 Å². The summed E-state index contributed by atoms with van der Waals surface area (Å²) in [4.78, 5) is 4.35. The minimum Gasteiger partial charge on any atom is -0.276 e. The summed E-state index contributed by atoms with van der Waals surface area (Å²) in [5, 5.41) is 1.13. The molecule has 0 aromatic rings. The third-order valence-corrected chi connectivity index (χ3v) is 2.39. The fourth-order valence-electron chi connectivity index (χ4n) is 1.07. The number of hydrogen-bond acceptors (Lipinski definition) is 3. The van der Waals surface area contributed by atoms with E-state index < -0.39 is 0 Å². The number of fused-ring (bicyclic) bond motifs is 1. The van der Waals surface area contributed by atoms with E-state index in [9.17, 15) is 0 Å². The first-order valence-electron chi connectivity index (χ1n) is 3.39. The molecule has 0 saturated carbocycles. The van der Waals surface area contributed by atoms with E-state index in [1.54, 1.807) is 0 Å². The molecule has 0 aliphatic carbocycles. The van der Waals surface area contributed by atoms with E-state index in [1.807, 2.05) is 6.21 Å². The van der Waals surface area contributed by atoms with Gasteiger partial charge in [-0.15, -0.1) is 0 Å². The monoisotopic (exact) mass is 152 g/mol. The summed E-state index contributed by atoms with van der Waals surface area (Å²) >= 11 is 1.50. The average molecular weight is 152 g/mol. The van der Waals surface area contributed by atoms with Crippen LogP contribution < -0.4 is 0 Å². The summed E-state index contributed by atoms with van der Waals surface area (Å²) in [6.07, 6.45) is 6.29. The third-order valence-electron chi connectivity index (χ3n) is 1.57. The molecule has 2 rings (SSSR count). The van der Waals surface area contributed by atoms with Gasteiger partial charge in [0, 0.05) is 31.1 Å². The van der Waals surface area contributed by atoms with Crippen molar-refractivity contribution >= 4 is 23.2 Å². The van der Waals surface area contributed by atoms with E-state index in [0.717, 1.165) is 24.4 Å². The maximum absolute atomic E-state index is 4.35. The minimum absolute atomic E-state index is 0.946. The SMILES string of the molecule is C1=NSC2=NCCC=C2C1. The maximum atomic E-state index is 4.35. The van der Waals surface area contributed by atoms with Crippen molar-refractivity contribution in [3.8, 4) is 0 Å². The fourth-order valence-corrected chi connectivity index (χ4v) is 1.76. The summed E-state index contributed by atoms with van der Waals surface area (Å²) in [6.45, 7) is 0.946. The van der Waals surface area contributed by atoms with Gasteiger partial charge in [-0.05, 0) is 12.0 Å². The van der Waals surface area contributed by atoms with Crippen LogP contribution in [0.4, 0.5) is 0 Å². The Balaban J connectivity index is 2.30. The van der Waals surface area contributed by atoms with E-state index in [1.165, 1.54) is 17.5 Å². The largest absolute Gasteiger partial charge is 0.276 e. The molecular weight excluding hydrogens is 144 g/mol. The fraction of sp³-hybridized carbons (Fsp3) is 0.429. The molecule has 2 aliphatic heterocycles. The van der Waals surface area contributed by atoms with Crippen molar-refractivity contribution in [1.29, 1.82) is 0 Å². The number of rotatable bonds is 0. The van der Waals surface area contributed by atoms with Gasteiger partial charge in [-0.25, -0.2) is 4.40 Å². The number of nitrogens with zero attached hydrogens (tertiary/aromatic N) is 2. The Morgan fingerprint density at radius 1 is 1.50 bits per heavy atom. The molecule has 0 aromatic heterocycles. The van der Waals surface area contributed by atoms with Gasteiger partial charge in [0.05, 0.1) is 0 Å². The third kappa shape index (κ3) is 1.01. The second kappa shape index (κ2) is 2.58. The highest BCUT2D eigenvalue weighted by Gasteiger charge is 2.12. The highest BCUT2D eigenvalue weighted by Crippen LogP contribution is 2.23. The Hall–Kier alpha value is -0.570. The molecule has 2 heterocycles. The van der Waals surface area contributed by atoms with Crippen molar-refractivity contribution < 1.29 is 0 Å². The Morgan fingerprint density at radius 2 is 2.50 bits per heavy atom. The van der Waals surface area contributed by atoms with Gasteiger partial charge in [0.1, 0.15) is 5.04 Å². The van der Waals surface area contributed by atoms with Crippen molar-refractivity contribution in [2.45, 2.75) is 12.8 Å². The molecule has 0 fully saturated rings. The molecule has 2 aliphatic rings. The number of dihydropyridines is 1. The van der Waals surface area contributed by atoms with Crippen LogP contribution in [0.15, 0.2) is 21.0 Å². The van der Waals surface area contributed by atoms with Crippen molar-refractivity contribution in [1.82, 2.24) is 0 Å². The van der Waals surface area contributed by atoms with Gasteiger partial charge in [0.15, 0.2) is 0 Å². The molecule has 0 N–H and O–H groups in total. The summed E-state index contributed by atoms with van der Waals surface area (Å²) < 4.78 is 4.08. The van der Waals surface area contributed by atoms with E-state index in [2.05, 4.69) is 15.5 Å². The lowest BCUT2D eigenvalue weighted by Gasteiger charge is -2.13. The predicted octanol–water partition coefficient (Wildman–Crippen LogP) is 1.84. The van der Waals surface area contributed by atoms with Crippen molar-refractivity contribution in [3.05, 3.63) is 11.6 Å². The van der Waals surface area contributed by atoms with Gasteiger partial charge in [0.2, 0.25) is 0 Å². The summed E-state index contributed by atoms with van der Waals surface area (Å²) in [6, 6.07) is 0. The normalized spacial score (nSPS) is 23.2. The van der Waals surface area contributed by atoms with E-state index in [0.29, 0.717) is 0 Å². The molecular formula is C7H8N2S. The molecule has 0 atom stereocenters. The van der Waals surface area contributed by atoms with E-state index in [-0.39, 0.29) is 0 Å². The first kappa shape index (κ1) is 6.16. The molecule has 10 heavy (non-hydrogen) atoms. The van der Waals surface area contributed by atoms with Gasteiger partial charge < -0.3 is 0 Å². The lowest BCUT2D eigenvalue weighted by molar-refractivity contribution is 0.980. The lowest BCUT2D eigenvalue weighted by atomic mass is 10.1. The highest BCUT2D eigenvalue weighted by atomic mass is 32.2. The zero-order valence-electron chi connectivity index (χ0n) is 5.58. The van der Waals surface area contributed by atoms with Crippen LogP contribution in [0.2, 0.25) is 0 Å². The molecule has 0 radical (unpaired) electrons. The average Bonchev–Trinajstić information content (AvgIpc) is 2.05. The smallest absolute Gasteiger partial charge is 0.116 e. The quantitative estimate of drug-likeness (QED) is 0.486. The molecule has 3 heteroatoms. The molecule has 0 saturated heterocycles. The standard InChI is InChI=1S/C7H8N2S/c1-2-6-3-5-9-10-7(6)8-4-1/h2,5H,1,3-4H2. The molecule has 0 unspecified atom stereocenters. The molecule has 52 valence electrons. The summed E-state index contributed by atoms with van der Waals surface area (Å²) in [5.74, 6) is 0. The molecule has 0 amide bonds. The summed E-state index contributed by atoms with van der Waals surface area (Å²) in [5.41, 5.74) is 1.37. The Kier molecular flexibility index (Phi) is 1.59. The van der Waals surface area contributed by atoms with Crippen LogP contribution in [-0.2, 0) is 0 Å². The first-order chi connectivity index (χ1) is 4.97. The Labute approximate surface area is 64.3 Å². The zero-order chi connectivity index (χ0) is 6.81. The topological polar surface area (TPSA) is 24.7 Å². The van der Waals surface area contributed by atoms with Gasteiger partial charge in [-0.1, -0.05) is 6.08 Å². The van der Waals surface area contributed by atoms with Gasteiger partial charge >= 0.3 is 0 Å². The maximum Gasteiger partial charge on any atom is 0.116 e. The molecule has 2 nitrogen and oxygen atoms in total. The van der Waals surface area contributed by atoms with Crippen LogP contribution in [-0.4, -0.2) is 17.8 Å². The van der Waals surface area contributed by atoms with Crippen LogP contribution >= 0.6 is 11.9 Å². The Morgan fingerprint density at radius 3 is 3.40 bits per heavy atom. The van der Waals surface area contributed by atoms with Crippen LogP contribution in [0.25, 0.3) is 0 Å². The van der Waals surface area contributed by atoms with Gasteiger partial charge in [0.25, 0.3) is 0 Å². The number of hydrogen-bond donors (Lipinski definition) is 0. The van der Waals surface area contributed by atoms with Crippen molar-refractivity contribution in [2.75, 3.05) is 6.54 Å². The van der Waals surface area contributed by atoms with E-state index >= 15 is 0 Å². The molecule has 0 bridgehead atoms. The second-order valence-electron chi connectivity index (χ2n) is 2.29. The zero-order valence-corrected chi connectivity index (χ0v) is 6.40. The second-order valence-corrected chi connectivity index (χ2v) is 3.07. The minimum atomic E-state index is 0.946. The first-order valence-corrected chi connectivity index (χ1v) is 4.17. The van der Waals surface area contributed by atoms with Gasteiger partial charge in [-0.3, -0.25) is 4.99 Å². The van der Waals surface area contributed by atoms with E-state index in [4.69, 9.17) is 0 Å². The molecule has 0 aromatic carbocycles. The molecule has 0 spiro atoms. The summed E-state index contributed by atoms with van der Waals surface area (Å²) in [7, 11) is 0. The van der Waals surface area contributed by atoms with Crippen LogP contribution in [0.1, 0.15) is 12.8 Å². The van der Waals surface area contributed by atoms with Crippen molar-refractivity contribution in [3.63, 3.8) is 0 Å². The predicted molar refractivity (Wildman–Crippen MR) is 45.7 cm³/mol. The highest BCUT2D eigenvalue weighted by molar-refractivity contribution is 8.13. The van der Waals surface area contributed by atoms with Crippen LogP contribution in [0.5, 0.6) is 0 Å². The van der Waals surface area contributed by atoms with Crippen molar-refractivity contribution in [2.24, 2.45) is 9.39 Å². The van der Waals surface area contributed by atoms with Gasteiger partial charge in [-0.2, -0.15) is 0 Å². The number of aliphatic imine (C=N–C) groups is 1. The lowest BCUT2D eigenvalue weighted by Crippen LogP contribution is -2.07. The van der Waals surface area contributed by atoms with Crippen LogP contribution in [0.3, 0.4) is 0 Å².